The Labute approximate surface area is 137 Å². The number of rotatable bonds is 4. The van der Waals surface area contributed by atoms with Crippen LogP contribution in [0.5, 0.6) is 0 Å². The largest absolute Gasteiger partial charge is 0.322 e. The van der Waals surface area contributed by atoms with Crippen molar-refractivity contribution in [2.45, 2.75) is 6.92 Å². The van der Waals surface area contributed by atoms with E-state index in [0.29, 0.717) is 17.3 Å². The number of nitriles is 1. The lowest BCUT2D eigenvalue weighted by atomic mass is 10.2. The number of hydrogen-bond acceptors (Lipinski definition) is 3. The van der Waals surface area contributed by atoms with E-state index in [0.717, 1.165) is 17.0 Å². The van der Waals surface area contributed by atoms with E-state index in [1.807, 2.05) is 6.07 Å². The van der Waals surface area contributed by atoms with Gasteiger partial charge < -0.3 is 10.2 Å². The van der Waals surface area contributed by atoms with E-state index >= 15 is 0 Å². The van der Waals surface area contributed by atoms with Gasteiger partial charge >= 0.3 is 0 Å². The summed E-state index contributed by atoms with van der Waals surface area (Å²) in [5.74, 6) is -2.74. The average Bonchev–Trinajstić information content (AvgIpc) is 2.55. The van der Waals surface area contributed by atoms with Gasteiger partial charge in [0.25, 0.3) is 0 Å². The molecule has 2 rings (SSSR count). The predicted molar refractivity (Wildman–Crippen MR) is 84.2 cm³/mol. The van der Waals surface area contributed by atoms with Crippen molar-refractivity contribution >= 4 is 23.2 Å². The lowest BCUT2D eigenvalue weighted by Crippen LogP contribution is -2.36. The van der Waals surface area contributed by atoms with Gasteiger partial charge in [0, 0.05) is 18.7 Å². The van der Waals surface area contributed by atoms with Crippen LogP contribution in [0.2, 0.25) is 0 Å². The van der Waals surface area contributed by atoms with Crippen LogP contribution in [0.4, 0.5) is 20.2 Å². The highest BCUT2D eigenvalue weighted by atomic mass is 19.1. The van der Waals surface area contributed by atoms with Crippen molar-refractivity contribution in [3.05, 3.63) is 59.7 Å². The monoisotopic (exact) mass is 329 g/mol. The second-order valence-corrected chi connectivity index (χ2v) is 4.94. The third-order valence-electron chi connectivity index (χ3n) is 3.17. The lowest BCUT2D eigenvalue weighted by molar-refractivity contribution is -0.120. The first-order valence-electron chi connectivity index (χ1n) is 6.94. The van der Waals surface area contributed by atoms with Crippen LogP contribution in [0.15, 0.2) is 42.5 Å². The number of benzene rings is 2. The van der Waals surface area contributed by atoms with E-state index in [1.54, 1.807) is 18.2 Å². The summed E-state index contributed by atoms with van der Waals surface area (Å²) in [6, 6.07) is 10.9. The molecule has 0 heterocycles. The predicted octanol–water partition coefficient (Wildman–Crippen LogP) is 2.83. The van der Waals surface area contributed by atoms with Crippen LogP contribution in [-0.2, 0) is 9.59 Å². The molecule has 24 heavy (non-hydrogen) atoms. The van der Waals surface area contributed by atoms with Crippen LogP contribution >= 0.6 is 0 Å². The summed E-state index contributed by atoms with van der Waals surface area (Å²) in [7, 11) is 0. The summed E-state index contributed by atoms with van der Waals surface area (Å²) in [5, 5.41) is 11.2. The van der Waals surface area contributed by atoms with Gasteiger partial charge in [-0.05, 0) is 30.3 Å². The zero-order valence-corrected chi connectivity index (χ0v) is 12.7. The van der Waals surface area contributed by atoms with Gasteiger partial charge in [-0.25, -0.2) is 8.78 Å². The fourth-order valence-electron chi connectivity index (χ4n) is 2.05. The molecule has 0 saturated heterocycles. The molecule has 5 nitrogen and oxygen atoms in total. The van der Waals surface area contributed by atoms with E-state index in [1.165, 1.54) is 13.0 Å². The Kier molecular flexibility index (Phi) is 5.22. The average molecular weight is 329 g/mol. The Hall–Kier alpha value is -3.27. The van der Waals surface area contributed by atoms with E-state index in [9.17, 15) is 18.4 Å². The summed E-state index contributed by atoms with van der Waals surface area (Å²) in [6.07, 6.45) is 0. The number of halogens is 2. The van der Waals surface area contributed by atoms with Crippen molar-refractivity contribution in [2.75, 3.05) is 16.8 Å². The third-order valence-corrected chi connectivity index (χ3v) is 3.17. The molecule has 7 heteroatoms. The van der Waals surface area contributed by atoms with Gasteiger partial charge in [0.15, 0.2) is 0 Å². The highest BCUT2D eigenvalue weighted by Gasteiger charge is 2.17. The Morgan fingerprint density at radius 3 is 2.58 bits per heavy atom. The number of carbonyl (C=O) groups excluding carboxylic acids is 2. The van der Waals surface area contributed by atoms with Crippen molar-refractivity contribution in [3.63, 3.8) is 0 Å². The highest BCUT2D eigenvalue weighted by Crippen LogP contribution is 2.18. The SMILES string of the molecule is CC(=O)N(CC(=O)Nc1ccc(F)cc1F)c1cccc(C#N)c1. The van der Waals surface area contributed by atoms with Gasteiger partial charge in [0.1, 0.15) is 18.2 Å². The van der Waals surface area contributed by atoms with Crippen molar-refractivity contribution in [1.82, 2.24) is 0 Å². The van der Waals surface area contributed by atoms with Crippen molar-refractivity contribution < 1.29 is 18.4 Å². The fourth-order valence-corrected chi connectivity index (χ4v) is 2.05. The molecule has 122 valence electrons. The van der Waals surface area contributed by atoms with Crippen LogP contribution < -0.4 is 10.2 Å². The summed E-state index contributed by atoms with van der Waals surface area (Å²) in [5.41, 5.74) is 0.524. The molecule has 0 atom stereocenters. The summed E-state index contributed by atoms with van der Waals surface area (Å²) < 4.78 is 26.4. The normalized spacial score (nSPS) is 9.92. The number of nitrogens with zero attached hydrogens (tertiary/aromatic N) is 2. The van der Waals surface area contributed by atoms with Crippen molar-refractivity contribution in [1.29, 1.82) is 5.26 Å². The zero-order chi connectivity index (χ0) is 17.7. The molecule has 0 bridgehead atoms. The van der Waals surface area contributed by atoms with Crippen LogP contribution in [0.1, 0.15) is 12.5 Å². The minimum absolute atomic E-state index is 0.185. The van der Waals surface area contributed by atoms with Crippen molar-refractivity contribution in [2.24, 2.45) is 0 Å². The molecule has 0 aliphatic carbocycles. The molecular weight excluding hydrogens is 316 g/mol. The van der Waals surface area contributed by atoms with Gasteiger partial charge in [-0.1, -0.05) is 6.07 Å². The molecule has 0 aliphatic rings. The van der Waals surface area contributed by atoms with Crippen molar-refractivity contribution in [3.8, 4) is 6.07 Å². The Morgan fingerprint density at radius 1 is 1.21 bits per heavy atom. The summed E-state index contributed by atoms with van der Waals surface area (Å²) in [6.45, 7) is 0.895. The number of nitrogens with one attached hydrogen (secondary N) is 1. The minimum Gasteiger partial charge on any atom is -0.322 e. The van der Waals surface area contributed by atoms with E-state index in [4.69, 9.17) is 5.26 Å². The highest BCUT2D eigenvalue weighted by molar-refractivity contribution is 6.01. The second-order valence-electron chi connectivity index (χ2n) is 4.94. The number of hydrogen-bond donors (Lipinski definition) is 1. The molecule has 0 aliphatic heterocycles. The maximum Gasteiger partial charge on any atom is 0.244 e. The molecular formula is C17H13F2N3O2. The maximum absolute atomic E-state index is 13.6. The van der Waals surface area contributed by atoms with E-state index in [-0.39, 0.29) is 12.2 Å². The van der Waals surface area contributed by atoms with Gasteiger partial charge in [-0.2, -0.15) is 5.26 Å². The number of amides is 2. The topological polar surface area (TPSA) is 73.2 Å². The number of carbonyl (C=O) groups is 2. The van der Waals surface area contributed by atoms with Gasteiger partial charge in [0.2, 0.25) is 11.8 Å². The quantitative estimate of drug-likeness (QED) is 0.937. The molecule has 2 amide bonds. The summed E-state index contributed by atoms with van der Waals surface area (Å²) in [4.78, 5) is 25.0. The Bertz CT molecular complexity index is 831. The Morgan fingerprint density at radius 2 is 1.96 bits per heavy atom. The Balaban J connectivity index is 2.17. The minimum atomic E-state index is -0.913. The molecule has 0 radical (unpaired) electrons. The first kappa shape index (κ1) is 17.1. The van der Waals surface area contributed by atoms with Crippen LogP contribution in [0.3, 0.4) is 0 Å². The van der Waals surface area contributed by atoms with Crippen LogP contribution in [-0.4, -0.2) is 18.4 Å². The summed E-state index contributed by atoms with van der Waals surface area (Å²) >= 11 is 0. The molecule has 0 unspecified atom stereocenters. The van der Waals surface area contributed by atoms with E-state index < -0.39 is 23.4 Å². The first-order chi connectivity index (χ1) is 11.4. The fraction of sp³-hybridized carbons (Fsp3) is 0.118. The third kappa shape index (κ3) is 4.14. The maximum atomic E-state index is 13.6. The molecule has 0 aromatic heterocycles. The second kappa shape index (κ2) is 7.33. The molecule has 0 fully saturated rings. The molecule has 0 saturated carbocycles. The van der Waals surface area contributed by atoms with E-state index in [2.05, 4.69) is 5.32 Å². The first-order valence-corrected chi connectivity index (χ1v) is 6.94. The van der Waals surface area contributed by atoms with Gasteiger partial charge in [-0.3, -0.25) is 9.59 Å². The molecule has 2 aromatic rings. The molecule has 1 N–H and O–H groups in total. The van der Waals surface area contributed by atoms with Crippen LogP contribution in [0.25, 0.3) is 0 Å². The zero-order valence-electron chi connectivity index (χ0n) is 12.7. The van der Waals surface area contributed by atoms with Gasteiger partial charge in [-0.15, -0.1) is 0 Å². The molecule has 2 aromatic carbocycles. The standard InChI is InChI=1S/C17H13F2N3O2/c1-11(23)22(14-4-2-3-12(7-14)9-20)10-17(24)21-16-6-5-13(18)8-15(16)19/h2-8H,10H2,1H3,(H,21,24). The van der Waals surface area contributed by atoms with Gasteiger partial charge in [0.05, 0.1) is 17.3 Å². The number of anilines is 2. The van der Waals surface area contributed by atoms with Crippen LogP contribution in [0, 0.1) is 23.0 Å². The smallest absolute Gasteiger partial charge is 0.244 e. The lowest BCUT2D eigenvalue weighted by Gasteiger charge is -2.21. The molecule has 0 spiro atoms.